The van der Waals surface area contributed by atoms with Gasteiger partial charge >= 0.3 is 0 Å². The van der Waals surface area contributed by atoms with Crippen molar-refractivity contribution < 1.29 is 14.3 Å². The van der Waals surface area contributed by atoms with E-state index in [1.54, 1.807) is 49.8 Å². The summed E-state index contributed by atoms with van der Waals surface area (Å²) < 4.78 is 10.8. The summed E-state index contributed by atoms with van der Waals surface area (Å²) in [4.78, 5) is 26.1. The Labute approximate surface area is 204 Å². The third kappa shape index (κ3) is 5.50. The molecule has 180 valence electrons. The Kier molecular flexibility index (Phi) is 7.43. The van der Waals surface area contributed by atoms with Crippen LogP contribution in [-0.2, 0) is 0 Å². The number of nitrogens with zero attached hydrogens (tertiary/aromatic N) is 5. The number of rotatable bonds is 6. The zero-order valence-electron chi connectivity index (χ0n) is 20.1. The maximum absolute atomic E-state index is 13.1. The summed E-state index contributed by atoms with van der Waals surface area (Å²) in [6, 6.07) is 12.7. The van der Waals surface area contributed by atoms with Gasteiger partial charge in [-0.3, -0.25) is 4.79 Å². The predicted octanol–water partition coefficient (Wildman–Crippen LogP) is 3.55. The normalized spacial score (nSPS) is 14.1. The van der Waals surface area contributed by atoms with Crippen molar-refractivity contribution >= 4 is 17.5 Å². The molecule has 1 N–H and O–H groups in total. The first-order valence-corrected chi connectivity index (χ1v) is 11.4. The monoisotopic (exact) mass is 472 g/mol. The van der Waals surface area contributed by atoms with E-state index in [4.69, 9.17) is 9.47 Å². The van der Waals surface area contributed by atoms with Gasteiger partial charge in [0, 0.05) is 43.2 Å². The highest BCUT2D eigenvalue weighted by atomic mass is 16.5. The van der Waals surface area contributed by atoms with E-state index in [1.807, 2.05) is 11.0 Å². The van der Waals surface area contributed by atoms with Gasteiger partial charge in [-0.25, -0.2) is 9.97 Å². The number of carbonyl (C=O) groups excluding carboxylic acids is 1. The third-order valence-corrected chi connectivity index (χ3v) is 6.01. The zero-order chi connectivity index (χ0) is 24.8. The van der Waals surface area contributed by atoms with Crippen molar-refractivity contribution in [1.82, 2.24) is 19.8 Å². The van der Waals surface area contributed by atoms with Gasteiger partial charge in [-0.2, -0.15) is 5.26 Å². The Morgan fingerprint density at radius 2 is 1.74 bits per heavy atom. The molecule has 0 saturated carbocycles. The highest BCUT2D eigenvalue weighted by Crippen LogP contribution is 2.30. The molecule has 0 spiro atoms. The summed E-state index contributed by atoms with van der Waals surface area (Å²) in [6.45, 7) is 3.29. The van der Waals surface area contributed by atoms with Crippen LogP contribution in [0.25, 0.3) is 11.1 Å². The molecule has 35 heavy (non-hydrogen) atoms. The van der Waals surface area contributed by atoms with Gasteiger partial charge in [0.25, 0.3) is 5.91 Å². The third-order valence-electron chi connectivity index (χ3n) is 6.01. The Morgan fingerprint density at radius 3 is 2.46 bits per heavy atom. The number of nitriles is 1. The maximum Gasteiger partial charge on any atom is 0.253 e. The molecule has 1 saturated heterocycles. The number of ether oxygens (including phenoxy) is 2. The molecule has 9 heteroatoms. The highest BCUT2D eigenvalue weighted by Gasteiger charge is 2.20. The van der Waals surface area contributed by atoms with Gasteiger partial charge in [-0.15, -0.1) is 0 Å². The number of methoxy groups -OCH3 is 2. The SMILES string of the molecule is COc1cc(-c2cnc(Nc3cc(C(=O)N4CCCN(C)CC4)ccc3OC)nc2)ccc1C#N. The smallest absolute Gasteiger partial charge is 0.253 e. The Morgan fingerprint density at radius 1 is 0.971 bits per heavy atom. The van der Waals surface area contributed by atoms with Crippen LogP contribution in [0.2, 0.25) is 0 Å². The van der Waals surface area contributed by atoms with Gasteiger partial charge in [0.2, 0.25) is 5.95 Å². The molecule has 0 unspecified atom stereocenters. The van der Waals surface area contributed by atoms with E-state index >= 15 is 0 Å². The molecule has 2 heterocycles. The lowest BCUT2D eigenvalue weighted by molar-refractivity contribution is 0.0763. The first-order valence-electron chi connectivity index (χ1n) is 11.4. The van der Waals surface area contributed by atoms with E-state index < -0.39 is 0 Å². The molecule has 1 aliphatic heterocycles. The number of hydrogen-bond acceptors (Lipinski definition) is 8. The molecule has 0 radical (unpaired) electrons. The molecule has 3 aromatic rings. The Bertz CT molecular complexity index is 1240. The fraction of sp³-hybridized carbons (Fsp3) is 0.308. The number of nitrogens with one attached hydrogen (secondary N) is 1. The van der Waals surface area contributed by atoms with Crippen LogP contribution in [-0.4, -0.2) is 73.1 Å². The van der Waals surface area contributed by atoms with E-state index in [-0.39, 0.29) is 5.91 Å². The molecule has 0 bridgehead atoms. The van der Waals surface area contributed by atoms with E-state index in [1.165, 1.54) is 7.11 Å². The van der Waals surface area contributed by atoms with Gasteiger partial charge in [-0.05, 0) is 55.9 Å². The number of amides is 1. The van der Waals surface area contributed by atoms with Crippen LogP contribution in [0.1, 0.15) is 22.3 Å². The lowest BCUT2D eigenvalue weighted by atomic mass is 10.1. The minimum Gasteiger partial charge on any atom is -0.495 e. The molecule has 9 nitrogen and oxygen atoms in total. The van der Waals surface area contributed by atoms with Crippen LogP contribution >= 0.6 is 0 Å². The van der Waals surface area contributed by atoms with Gasteiger partial charge in [0.15, 0.2) is 0 Å². The van der Waals surface area contributed by atoms with E-state index in [2.05, 4.69) is 33.3 Å². The number of likely N-dealkylation sites (N-methyl/N-ethyl adjacent to an activating group) is 1. The van der Waals surface area contributed by atoms with Crippen molar-refractivity contribution in [3.05, 3.63) is 59.9 Å². The van der Waals surface area contributed by atoms with Crippen LogP contribution in [0.15, 0.2) is 48.8 Å². The minimum absolute atomic E-state index is 0.00275. The van der Waals surface area contributed by atoms with Crippen molar-refractivity contribution in [2.45, 2.75) is 6.42 Å². The van der Waals surface area contributed by atoms with E-state index in [0.717, 1.165) is 37.2 Å². The van der Waals surface area contributed by atoms with Gasteiger partial charge in [-0.1, -0.05) is 6.07 Å². The maximum atomic E-state index is 13.1. The van der Waals surface area contributed by atoms with Crippen LogP contribution in [0.5, 0.6) is 11.5 Å². The van der Waals surface area contributed by atoms with Crippen molar-refractivity contribution in [3.63, 3.8) is 0 Å². The summed E-state index contributed by atoms with van der Waals surface area (Å²) in [5.41, 5.74) is 3.27. The highest BCUT2D eigenvalue weighted by molar-refractivity contribution is 5.96. The lowest BCUT2D eigenvalue weighted by Crippen LogP contribution is -2.34. The van der Waals surface area contributed by atoms with Crippen LogP contribution in [0, 0.1) is 11.3 Å². The summed E-state index contributed by atoms with van der Waals surface area (Å²) in [6.07, 6.45) is 4.32. The van der Waals surface area contributed by atoms with Crippen molar-refractivity contribution in [2.24, 2.45) is 0 Å². The first kappa shape index (κ1) is 24.0. The molecular weight excluding hydrogens is 444 g/mol. The molecule has 2 aromatic carbocycles. The summed E-state index contributed by atoms with van der Waals surface area (Å²) in [5, 5.41) is 12.3. The van der Waals surface area contributed by atoms with Gasteiger partial charge in [0.1, 0.15) is 17.6 Å². The predicted molar refractivity (Wildman–Crippen MR) is 133 cm³/mol. The second-order valence-corrected chi connectivity index (χ2v) is 8.31. The molecule has 0 aliphatic carbocycles. The largest absolute Gasteiger partial charge is 0.495 e. The fourth-order valence-corrected chi connectivity index (χ4v) is 4.00. The van der Waals surface area contributed by atoms with Gasteiger partial charge < -0.3 is 24.6 Å². The average molecular weight is 473 g/mol. The van der Waals surface area contributed by atoms with Crippen molar-refractivity contribution in [1.29, 1.82) is 5.26 Å². The van der Waals surface area contributed by atoms with Crippen molar-refractivity contribution in [2.75, 3.05) is 52.8 Å². The zero-order valence-corrected chi connectivity index (χ0v) is 20.1. The molecule has 1 fully saturated rings. The second-order valence-electron chi connectivity index (χ2n) is 8.31. The second kappa shape index (κ2) is 10.8. The number of benzene rings is 2. The summed E-state index contributed by atoms with van der Waals surface area (Å²) in [7, 11) is 5.18. The Balaban J connectivity index is 1.53. The summed E-state index contributed by atoms with van der Waals surface area (Å²) >= 11 is 0. The molecule has 1 aromatic heterocycles. The number of anilines is 2. The summed E-state index contributed by atoms with van der Waals surface area (Å²) in [5.74, 6) is 1.45. The Hall–Kier alpha value is -4.16. The number of hydrogen-bond donors (Lipinski definition) is 1. The molecule has 0 atom stereocenters. The number of aromatic nitrogens is 2. The molecular formula is C26H28N6O3. The average Bonchev–Trinajstić information content (AvgIpc) is 3.12. The van der Waals surface area contributed by atoms with Crippen molar-refractivity contribution in [3.8, 4) is 28.7 Å². The molecule has 1 aliphatic rings. The number of carbonyl (C=O) groups is 1. The van der Waals surface area contributed by atoms with E-state index in [0.29, 0.717) is 40.8 Å². The van der Waals surface area contributed by atoms with E-state index in [9.17, 15) is 10.1 Å². The van der Waals surface area contributed by atoms with Crippen LogP contribution in [0.4, 0.5) is 11.6 Å². The first-order chi connectivity index (χ1) is 17.0. The van der Waals surface area contributed by atoms with Crippen LogP contribution in [0.3, 0.4) is 0 Å². The quantitative estimate of drug-likeness (QED) is 0.581. The van der Waals surface area contributed by atoms with Crippen LogP contribution < -0.4 is 14.8 Å². The van der Waals surface area contributed by atoms with Gasteiger partial charge in [0.05, 0.1) is 25.5 Å². The standard InChI is InChI=1S/C26H28N6O3/c1-31-9-4-10-32(12-11-31)25(33)19-7-8-23(34-2)22(13-19)30-26-28-16-21(17-29-26)18-5-6-20(15-27)24(14-18)35-3/h5-8,13-14,16-17H,4,9-12H2,1-3H3,(H,28,29,30). The fourth-order valence-electron chi connectivity index (χ4n) is 4.00. The molecule has 1 amide bonds. The topological polar surface area (TPSA) is 104 Å². The minimum atomic E-state index is -0.00275. The lowest BCUT2D eigenvalue weighted by Gasteiger charge is -2.21. The molecule has 4 rings (SSSR count).